The fourth-order valence-corrected chi connectivity index (χ4v) is 4.36. The van der Waals surface area contributed by atoms with Gasteiger partial charge in [-0.15, -0.1) is 0 Å². The summed E-state index contributed by atoms with van der Waals surface area (Å²) in [5.41, 5.74) is 4.87. The van der Waals surface area contributed by atoms with Crippen LogP contribution in [0.25, 0.3) is 10.8 Å². The molecule has 46 heavy (non-hydrogen) atoms. The summed E-state index contributed by atoms with van der Waals surface area (Å²) < 4.78 is 21.4. The van der Waals surface area contributed by atoms with E-state index in [1.54, 1.807) is 0 Å². The molecule has 0 fully saturated rings. The molecule has 0 aromatic heterocycles. The molecular formula is C40H36O6. The average molecular weight is 613 g/mol. The molecule has 0 aliphatic carbocycles. The number of aryl methyl sites for hydroxylation is 1. The molecule has 232 valence electrons. The lowest BCUT2D eigenvalue weighted by atomic mass is 10.0. The highest BCUT2D eigenvalue weighted by atomic mass is 16.5. The zero-order valence-electron chi connectivity index (χ0n) is 26.0. The van der Waals surface area contributed by atoms with Gasteiger partial charge >= 0.3 is 11.9 Å². The molecule has 0 radical (unpaired) electrons. The highest BCUT2D eigenvalue weighted by Gasteiger charge is 2.03. The van der Waals surface area contributed by atoms with Gasteiger partial charge in [0.05, 0.1) is 26.4 Å². The third-order valence-corrected chi connectivity index (χ3v) is 6.78. The second-order valence-electron chi connectivity index (χ2n) is 10.1. The monoisotopic (exact) mass is 612 g/mol. The molecule has 4 aromatic rings. The standard InChI is InChI=1S/C40H36O6/c1-4-33-27-31(10-9-30-14-20-37(21-15-30)43-23-7-25-45-39(41)5-2)11-16-34(33)17-12-32-13-18-36-29-38(22-19-35(36)28-32)44-24-8-26-46-40(42)6-3/h5-6,11,13-16,18-22,27-29H,2-4,7-8,23-26H2,1H3. The molecule has 6 heteroatoms. The van der Waals surface area contributed by atoms with E-state index < -0.39 is 11.9 Å². The number of ether oxygens (including phenoxy) is 4. The third-order valence-electron chi connectivity index (χ3n) is 6.78. The molecule has 0 aliphatic rings. The Morgan fingerprint density at radius 3 is 1.80 bits per heavy atom. The van der Waals surface area contributed by atoms with Crippen molar-refractivity contribution < 1.29 is 28.5 Å². The molecule has 0 unspecified atom stereocenters. The van der Waals surface area contributed by atoms with Gasteiger partial charge in [-0.25, -0.2) is 9.59 Å². The van der Waals surface area contributed by atoms with Crippen molar-refractivity contribution in [1.29, 1.82) is 0 Å². The smallest absolute Gasteiger partial charge is 0.330 e. The van der Waals surface area contributed by atoms with Gasteiger partial charge < -0.3 is 18.9 Å². The van der Waals surface area contributed by atoms with Crippen LogP contribution in [0.5, 0.6) is 11.5 Å². The molecule has 0 atom stereocenters. The second-order valence-corrected chi connectivity index (χ2v) is 10.1. The predicted octanol–water partition coefficient (Wildman–Crippen LogP) is 7.20. The fourth-order valence-electron chi connectivity index (χ4n) is 4.36. The quantitative estimate of drug-likeness (QED) is 0.0689. The molecular weight excluding hydrogens is 576 g/mol. The molecule has 0 aliphatic heterocycles. The second kappa shape index (κ2) is 17.5. The number of fused-ring (bicyclic) bond motifs is 1. The van der Waals surface area contributed by atoms with Crippen molar-refractivity contribution >= 4 is 22.7 Å². The lowest BCUT2D eigenvalue weighted by Crippen LogP contribution is -2.06. The Morgan fingerprint density at radius 2 is 1.13 bits per heavy atom. The van der Waals surface area contributed by atoms with E-state index in [1.165, 1.54) is 0 Å². The van der Waals surface area contributed by atoms with Crippen molar-refractivity contribution in [2.45, 2.75) is 26.2 Å². The van der Waals surface area contributed by atoms with Gasteiger partial charge in [0.1, 0.15) is 11.5 Å². The first-order valence-corrected chi connectivity index (χ1v) is 15.1. The zero-order chi connectivity index (χ0) is 32.6. The average Bonchev–Trinajstić information content (AvgIpc) is 3.09. The van der Waals surface area contributed by atoms with Gasteiger partial charge in [-0.1, -0.05) is 55.9 Å². The van der Waals surface area contributed by atoms with E-state index >= 15 is 0 Å². The van der Waals surface area contributed by atoms with Crippen LogP contribution in [0.1, 0.15) is 47.6 Å². The topological polar surface area (TPSA) is 71.1 Å². The van der Waals surface area contributed by atoms with E-state index in [4.69, 9.17) is 18.9 Å². The van der Waals surface area contributed by atoms with Gasteiger partial charge in [0.2, 0.25) is 0 Å². The first kappa shape index (κ1) is 33.2. The number of carbonyl (C=O) groups is 2. The van der Waals surface area contributed by atoms with Crippen LogP contribution >= 0.6 is 0 Å². The molecule has 0 bridgehead atoms. The summed E-state index contributed by atoms with van der Waals surface area (Å²) in [5.74, 6) is 13.8. The van der Waals surface area contributed by atoms with Crippen LogP contribution < -0.4 is 9.47 Å². The van der Waals surface area contributed by atoms with Gasteiger partial charge in [0.25, 0.3) is 0 Å². The largest absolute Gasteiger partial charge is 0.493 e. The molecule has 0 saturated carbocycles. The lowest BCUT2D eigenvalue weighted by molar-refractivity contribution is -0.138. The highest BCUT2D eigenvalue weighted by Crippen LogP contribution is 2.22. The SMILES string of the molecule is C=CC(=O)OCCCOc1ccc(C#Cc2ccc(C#Cc3ccc4cc(OCCCOC(=O)C=C)ccc4c3)c(CC)c2)cc1. The van der Waals surface area contributed by atoms with Crippen molar-refractivity contribution in [3.05, 3.63) is 132 Å². The van der Waals surface area contributed by atoms with Crippen LogP contribution in [0.4, 0.5) is 0 Å². The Morgan fingerprint density at radius 1 is 0.609 bits per heavy atom. The molecule has 4 aromatic carbocycles. The van der Waals surface area contributed by atoms with E-state index in [0.717, 1.165) is 68.7 Å². The van der Waals surface area contributed by atoms with Crippen molar-refractivity contribution in [1.82, 2.24) is 0 Å². The normalized spacial score (nSPS) is 10.0. The van der Waals surface area contributed by atoms with Crippen LogP contribution in [0.3, 0.4) is 0 Å². The van der Waals surface area contributed by atoms with Crippen molar-refractivity contribution in [3.8, 4) is 35.2 Å². The van der Waals surface area contributed by atoms with Crippen molar-refractivity contribution in [2.24, 2.45) is 0 Å². The molecule has 0 spiro atoms. The molecule has 6 nitrogen and oxygen atoms in total. The van der Waals surface area contributed by atoms with Crippen LogP contribution in [0, 0.1) is 23.7 Å². The Hall–Kier alpha value is -5.72. The van der Waals surface area contributed by atoms with E-state index in [9.17, 15) is 9.59 Å². The fraction of sp³-hybridized carbons (Fsp3) is 0.200. The van der Waals surface area contributed by atoms with Crippen LogP contribution in [0.2, 0.25) is 0 Å². The number of esters is 2. The van der Waals surface area contributed by atoms with Crippen LogP contribution in [0.15, 0.2) is 104 Å². The minimum Gasteiger partial charge on any atom is -0.493 e. The number of hydrogen-bond acceptors (Lipinski definition) is 6. The Labute approximate surface area is 270 Å². The number of hydrogen-bond donors (Lipinski definition) is 0. The zero-order valence-corrected chi connectivity index (χ0v) is 26.0. The summed E-state index contributed by atoms with van der Waals surface area (Å²) in [4.78, 5) is 22.2. The summed E-state index contributed by atoms with van der Waals surface area (Å²) in [6.07, 6.45) is 4.34. The molecule has 0 saturated heterocycles. The Bertz CT molecular complexity index is 1810. The van der Waals surface area contributed by atoms with Gasteiger partial charge in [-0.05, 0) is 89.5 Å². The highest BCUT2D eigenvalue weighted by molar-refractivity contribution is 5.85. The van der Waals surface area contributed by atoms with E-state index in [2.05, 4.69) is 55.9 Å². The van der Waals surface area contributed by atoms with E-state index in [0.29, 0.717) is 39.3 Å². The predicted molar refractivity (Wildman–Crippen MR) is 181 cm³/mol. The molecule has 0 heterocycles. The molecule has 0 N–H and O–H groups in total. The number of rotatable bonds is 13. The summed E-state index contributed by atoms with van der Waals surface area (Å²) in [5, 5.41) is 2.13. The van der Waals surface area contributed by atoms with Crippen molar-refractivity contribution in [3.63, 3.8) is 0 Å². The third kappa shape index (κ3) is 10.5. The van der Waals surface area contributed by atoms with Gasteiger partial charge in [-0.2, -0.15) is 0 Å². The van der Waals surface area contributed by atoms with Crippen LogP contribution in [-0.2, 0) is 25.5 Å². The maximum Gasteiger partial charge on any atom is 0.330 e. The Kier molecular flexibility index (Phi) is 12.7. The number of carbonyl (C=O) groups excluding carboxylic acids is 2. The first-order valence-electron chi connectivity index (χ1n) is 15.1. The Balaban J connectivity index is 1.33. The van der Waals surface area contributed by atoms with Gasteiger partial charge in [-0.3, -0.25) is 0 Å². The maximum atomic E-state index is 11.1. The van der Waals surface area contributed by atoms with E-state index in [1.807, 2.05) is 66.7 Å². The minimum atomic E-state index is -0.430. The lowest BCUT2D eigenvalue weighted by Gasteiger charge is -2.08. The molecule has 4 rings (SSSR count). The van der Waals surface area contributed by atoms with Gasteiger partial charge in [0, 0.05) is 47.2 Å². The summed E-state index contributed by atoms with van der Waals surface area (Å²) in [6.45, 7) is 10.3. The first-order chi connectivity index (χ1) is 22.5. The summed E-state index contributed by atoms with van der Waals surface area (Å²) in [6, 6.07) is 25.8. The maximum absolute atomic E-state index is 11.1. The van der Waals surface area contributed by atoms with Crippen molar-refractivity contribution in [2.75, 3.05) is 26.4 Å². The minimum absolute atomic E-state index is 0.293. The molecule has 0 amide bonds. The number of benzene rings is 4. The van der Waals surface area contributed by atoms with Crippen LogP contribution in [-0.4, -0.2) is 38.4 Å². The van der Waals surface area contributed by atoms with Gasteiger partial charge in [0.15, 0.2) is 0 Å². The summed E-state index contributed by atoms with van der Waals surface area (Å²) >= 11 is 0. The summed E-state index contributed by atoms with van der Waals surface area (Å²) in [7, 11) is 0. The van der Waals surface area contributed by atoms with E-state index in [-0.39, 0.29) is 0 Å².